The molecule has 2 rings (SSSR count). The summed E-state index contributed by atoms with van der Waals surface area (Å²) in [7, 11) is 1.89. The average molecular weight is 435 g/mol. The molecule has 1 N–H and O–H groups in total. The summed E-state index contributed by atoms with van der Waals surface area (Å²) in [5.41, 5.74) is 3.02. The van der Waals surface area contributed by atoms with Crippen LogP contribution in [0.25, 0.3) is 0 Å². The van der Waals surface area contributed by atoms with Crippen LogP contribution in [0.2, 0.25) is 0 Å². The van der Waals surface area contributed by atoms with Gasteiger partial charge in [-0.1, -0.05) is 79.4 Å². The number of aliphatic hydroxyl groups excluding tert-OH is 1. The van der Waals surface area contributed by atoms with E-state index in [1.807, 2.05) is 93.4 Å². The molecule has 0 spiro atoms. The fraction of sp³-hybridized carbons (Fsp3) is 0.393. The Balaban J connectivity index is 2.45. The van der Waals surface area contributed by atoms with E-state index < -0.39 is 0 Å². The number of likely N-dealkylation sites (N-methyl/N-ethyl adjacent to an activating group) is 1. The maximum absolute atomic E-state index is 14.0. The van der Waals surface area contributed by atoms with Crippen LogP contribution in [0.3, 0.4) is 0 Å². The van der Waals surface area contributed by atoms with Crippen molar-refractivity contribution in [2.24, 2.45) is 0 Å². The van der Waals surface area contributed by atoms with E-state index in [4.69, 9.17) is 0 Å². The number of carbonyl (C=O) groups is 1. The minimum absolute atomic E-state index is 0.0542. The van der Waals surface area contributed by atoms with Crippen molar-refractivity contribution in [3.05, 3.63) is 96.2 Å². The van der Waals surface area contributed by atoms with Crippen molar-refractivity contribution in [1.82, 2.24) is 9.80 Å². The largest absolute Gasteiger partial charge is 0.392 e. The number of hydrogen-bond acceptors (Lipinski definition) is 3. The number of nitrogens with zero attached hydrogens (tertiary/aromatic N) is 2. The molecule has 4 nitrogen and oxygen atoms in total. The summed E-state index contributed by atoms with van der Waals surface area (Å²) < 4.78 is 0. The zero-order chi connectivity index (χ0) is 23.5. The van der Waals surface area contributed by atoms with Crippen LogP contribution in [0, 0.1) is 0 Å². The molecular weight excluding hydrogens is 396 g/mol. The third kappa shape index (κ3) is 6.65. The molecule has 172 valence electrons. The molecule has 1 saturated heterocycles. The monoisotopic (exact) mass is 434 g/mol. The molecule has 3 atom stereocenters. The molecule has 1 aliphatic heterocycles. The summed E-state index contributed by atoms with van der Waals surface area (Å²) >= 11 is 0. The summed E-state index contributed by atoms with van der Waals surface area (Å²) in [5, 5.41) is 10.0. The predicted octanol–water partition coefficient (Wildman–Crippen LogP) is 4.87. The highest BCUT2D eigenvalue weighted by atomic mass is 16.3. The number of β-amino-alcohol motifs (C(OH)–C–C–N with tert-alkyl or cyclic N) is 1. The number of allylic oxidation sites excluding steroid dienone is 6. The molecule has 1 aliphatic rings. The van der Waals surface area contributed by atoms with Gasteiger partial charge >= 0.3 is 0 Å². The van der Waals surface area contributed by atoms with Crippen LogP contribution in [-0.4, -0.2) is 59.6 Å². The molecule has 1 heterocycles. The molecule has 0 saturated carbocycles. The summed E-state index contributed by atoms with van der Waals surface area (Å²) in [6.07, 6.45) is 14.2. The molecule has 1 amide bonds. The third-order valence-corrected chi connectivity index (χ3v) is 6.04. The molecule has 0 aliphatic carbocycles. The molecule has 0 aromatic heterocycles. The lowest BCUT2D eigenvalue weighted by Crippen LogP contribution is -2.47. The Labute approximate surface area is 193 Å². The van der Waals surface area contributed by atoms with Crippen LogP contribution in [0.5, 0.6) is 0 Å². The molecular formula is C28H38N2O2. The Kier molecular flexibility index (Phi) is 10.4. The van der Waals surface area contributed by atoms with E-state index >= 15 is 0 Å². The lowest BCUT2D eigenvalue weighted by Gasteiger charge is -2.35. The lowest BCUT2D eigenvalue weighted by molar-refractivity contribution is -0.132. The van der Waals surface area contributed by atoms with Crippen molar-refractivity contribution in [3.8, 4) is 0 Å². The Morgan fingerprint density at radius 1 is 1.19 bits per heavy atom. The fourth-order valence-corrected chi connectivity index (χ4v) is 4.28. The first-order chi connectivity index (χ1) is 15.5. The first kappa shape index (κ1) is 25.6. The third-order valence-electron chi connectivity index (χ3n) is 6.04. The van der Waals surface area contributed by atoms with E-state index in [9.17, 15) is 9.90 Å². The van der Waals surface area contributed by atoms with Crippen LogP contribution >= 0.6 is 0 Å². The summed E-state index contributed by atoms with van der Waals surface area (Å²) in [6, 6.07) is 9.83. The van der Waals surface area contributed by atoms with Crippen LogP contribution < -0.4 is 0 Å². The summed E-state index contributed by atoms with van der Waals surface area (Å²) in [4.78, 5) is 18.1. The Hall–Kier alpha value is -2.69. The number of amides is 1. The maximum Gasteiger partial charge on any atom is 0.234 e. The van der Waals surface area contributed by atoms with E-state index in [-0.39, 0.29) is 24.0 Å². The number of aliphatic hydroxyl groups is 1. The second-order valence-corrected chi connectivity index (χ2v) is 8.18. The average Bonchev–Trinajstić information content (AvgIpc) is 3.23. The van der Waals surface area contributed by atoms with E-state index in [2.05, 4.69) is 17.6 Å². The van der Waals surface area contributed by atoms with Gasteiger partial charge in [-0.15, -0.1) is 0 Å². The minimum Gasteiger partial charge on any atom is -0.392 e. The number of likely N-dealkylation sites (tertiary alicyclic amines) is 1. The zero-order valence-electron chi connectivity index (χ0n) is 19.9. The minimum atomic E-state index is -0.379. The van der Waals surface area contributed by atoms with Crippen molar-refractivity contribution >= 4 is 5.91 Å². The van der Waals surface area contributed by atoms with Gasteiger partial charge in [0, 0.05) is 26.7 Å². The second kappa shape index (κ2) is 13.0. The zero-order valence-corrected chi connectivity index (χ0v) is 19.9. The van der Waals surface area contributed by atoms with Gasteiger partial charge in [0.2, 0.25) is 5.91 Å². The Morgan fingerprint density at radius 3 is 2.41 bits per heavy atom. The number of benzene rings is 1. The van der Waals surface area contributed by atoms with Crippen LogP contribution in [0.15, 0.2) is 90.6 Å². The van der Waals surface area contributed by atoms with Gasteiger partial charge in [-0.25, -0.2) is 0 Å². The van der Waals surface area contributed by atoms with Gasteiger partial charge in [0.25, 0.3) is 0 Å². The second-order valence-electron chi connectivity index (χ2n) is 8.18. The summed E-state index contributed by atoms with van der Waals surface area (Å²) in [5.74, 6) is -0.325. The SMILES string of the molecule is C=C/C=C\C(=C/C)[C@@H](CN1CC[C@H](O)C1)N(C)C(=O)C(C(/C=C\C)=C/C)c1ccccc1. The Morgan fingerprint density at radius 2 is 1.88 bits per heavy atom. The van der Waals surface area contributed by atoms with E-state index in [0.29, 0.717) is 13.1 Å². The quantitative estimate of drug-likeness (QED) is 0.534. The van der Waals surface area contributed by atoms with Crippen molar-refractivity contribution in [2.45, 2.75) is 45.3 Å². The van der Waals surface area contributed by atoms with Gasteiger partial charge < -0.3 is 10.0 Å². The van der Waals surface area contributed by atoms with Gasteiger partial charge in [0.1, 0.15) is 0 Å². The van der Waals surface area contributed by atoms with Gasteiger partial charge in [-0.3, -0.25) is 9.69 Å². The van der Waals surface area contributed by atoms with Crippen LogP contribution in [0.4, 0.5) is 0 Å². The number of hydrogen-bond donors (Lipinski definition) is 1. The van der Waals surface area contributed by atoms with Crippen LogP contribution in [-0.2, 0) is 4.79 Å². The molecule has 0 radical (unpaired) electrons. The number of rotatable bonds is 10. The highest BCUT2D eigenvalue weighted by Crippen LogP contribution is 2.29. The highest BCUT2D eigenvalue weighted by molar-refractivity contribution is 5.88. The molecule has 1 fully saturated rings. The predicted molar refractivity (Wildman–Crippen MR) is 134 cm³/mol. The van der Waals surface area contributed by atoms with E-state index in [0.717, 1.165) is 29.7 Å². The molecule has 32 heavy (non-hydrogen) atoms. The van der Waals surface area contributed by atoms with E-state index in [1.165, 1.54) is 0 Å². The smallest absolute Gasteiger partial charge is 0.234 e. The first-order valence-corrected chi connectivity index (χ1v) is 11.4. The number of carbonyl (C=O) groups excluding carboxylic acids is 1. The topological polar surface area (TPSA) is 43.8 Å². The Bertz CT molecular complexity index is 867. The van der Waals surface area contributed by atoms with Crippen molar-refractivity contribution in [3.63, 3.8) is 0 Å². The van der Waals surface area contributed by atoms with Gasteiger partial charge in [0.15, 0.2) is 0 Å². The first-order valence-electron chi connectivity index (χ1n) is 11.4. The molecule has 1 unspecified atom stereocenters. The molecule has 4 heteroatoms. The van der Waals surface area contributed by atoms with Gasteiger partial charge in [-0.2, -0.15) is 0 Å². The fourth-order valence-electron chi connectivity index (χ4n) is 4.28. The standard InChI is InChI=1S/C28H38N2O2/c1-6-10-15-22(8-3)26(21-30-19-18-25(31)20-30)29(5)28(32)27(23(9-4)14-7-2)24-16-12-11-13-17-24/h6-17,25-27,31H,1,18-21H2,2-5H3/b14-7-,15-10-,22-8+,23-9+/t25-,26+,27?/m0/s1. The summed E-state index contributed by atoms with van der Waals surface area (Å²) in [6.45, 7) is 11.9. The van der Waals surface area contributed by atoms with Crippen molar-refractivity contribution in [2.75, 3.05) is 26.7 Å². The molecule has 1 aromatic carbocycles. The maximum atomic E-state index is 14.0. The lowest BCUT2D eigenvalue weighted by atomic mass is 9.88. The van der Waals surface area contributed by atoms with Crippen molar-refractivity contribution < 1.29 is 9.90 Å². The van der Waals surface area contributed by atoms with E-state index in [1.54, 1.807) is 6.08 Å². The molecule has 0 bridgehead atoms. The highest BCUT2D eigenvalue weighted by Gasteiger charge is 2.33. The normalized spacial score (nSPS) is 20.1. The van der Waals surface area contributed by atoms with Crippen molar-refractivity contribution in [1.29, 1.82) is 0 Å². The van der Waals surface area contributed by atoms with Gasteiger partial charge in [0.05, 0.1) is 18.1 Å². The van der Waals surface area contributed by atoms with Crippen LogP contribution in [0.1, 0.15) is 38.7 Å². The van der Waals surface area contributed by atoms with Gasteiger partial charge in [-0.05, 0) is 43.9 Å². The molecule has 1 aromatic rings.